The van der Waals surface area contributed by atoms with Crippen LogP contribution in [0.15, 0.2) is 12.2 Å². The Labute approximate surface area is 93.7 Å². The Morgan fingerprint density at radius 2 is 1.69 bits per heavy atom. The summed E-state index contributed by atoms with van der Waals surface area (Å²) < 4.78 is 21.6. The quantitative estimate of drug-likeness (QED) is 0.392. The zero-order valence-corrected chi connectivity index (χ0v) is 10.2. The van der Waals surface area contributed by atoms with Gasteiger partial charge in [-0.3, -0.25) is 0 Å². The smallest absolute Gasteiger partial charge is 0.563 e. The van der Waals surface area contributed by atoms with Crippen LogP contribution in [0.25, 0.3) is 0 Å². The Balaban J connectivity index is -0.000000150. The topological polar surface area (TPSA) is 110 Å². The summed E-state index contributed by atoms with van der Waals surface area (Å²) >= 11 is 0. The monoisotopic (exact) mass is 238 g/mol. The molecule has 0 saturated heterocycles. The van der Waals surface area contributed by atoms with Gasteiger partial charge in [0, 0.05) is 0 Å². The summed E-state index contributed by atoms with van der Waals surface area (Å²) in [6.45, 7) is 5.31. The Kier molecular flexibility index (Phi) is 18.5. The molecule has 0 aromatic rings. The average Bonchev–Trinajstić information content (AvgIpc) is 1.85. The van der Waals surface area contributed by atoms with Crippen LogP contribution in [0.4, 0.5) is 0 Å². The van der Waals surface area contributed by atoms with Crippen molar-refractivity contribution in [3.05, 3.63) is 12.2 Å². The molecular formula is C4H8MgO6P2+2. The summed E-state index contributed by atoms with van der Waals surface area (Å²) in [7, 11) is -6.47. The molecule has 1 N–H and O–H groups in total. The van der Waals surface area contributed by atoms with Crippen LogP contribution in [0.3, 0.4) is 0 Å². The normalized spacial score (nSPS) is 10.2. The molecule has 0 aliphatic rings. The van der Waals surface area contributed by atoms with Gasteiger partial charge in [0.25, 0.3) is 0 Å². The fourth-order valence-corrected chi connectivity index (χ4v) is 0.490. The van der Waals surface area contributed by atoms with E-state index in [4.69, 9.17) is 5.11 Å². The Morgan fingerprint density at radius 1 is 1.46 bits per heavy atom. The molecule has 0 saturated carbocycles. The molecule has 2 atom stereocenters. The molecule has 9 heteroatoms. The summed E-state index contributed by atoms with van der Waals surface area (Å²) in [6.07, 6.45) is 0. The van der Waals surface area contributed by atoms with E-state index in [0.717, 1.165) is 5.57 Å². The van der Waals surface area contributed by atoms with Crippen molar-refractivity contribution < 1.29 is 28.3 Å². The van der Waals surface area contributed by atoms with E-state index >= 15 is 0 Å². The molecule has 2 unspecified atom stereocenters. The molecule has 0 radical (unpaired) electrons. The molecule has 0 fully saturated rings. The van der Waals surface area contributed by atoms with Crippen molar-refractivity contribution in [2.75, 3.05) is 6.61 Å². The van der Waals surface area contributed by atoms with Gasteiger partial charge < -0.3 is 14.9 Å². The second kappa shape index (κ2) is 12.5. The number of aliphatic hydroxyl groups is 1. The molecular weight excluding hydrogens is 230 g/mol. The Hall–Kier alpha value is 0.546. The zero-order valence-electron chi connectivity index (χ0n) is 7.00. The first-order valence-corrected chi connectivity index (χ1v) is 4.81. The third-order valence-electron chi connectivity index (χ3n) is 0.403. The molecule has 0 rings (SSSR count). The number of hydrogen-bond donors (Lipinski definition) is 1. The van der Waals surface area contributed by atoms with E-state index in [1.165, 1.54) is 0 Å². The first kappa shape index (κ1) is 19.2. The van der Waals surface area contributed by atoms with Gasteiger partial charge in [0.2, 0.25) is 0 Å². The maximum Gasteiger partial charge on any atom is 2.00 e. The van der Waals surface area contributed by atoms with Crippen LogP contribution in [0, 0.1) is 0 Å². The minimum atomic E-state index is -3.24. The van der Waals surface area contributed by atoms with Crippen molar-refractivity contribution in [3.63, 3.8) is 0 Å². The van der Waals surface area contributed by atoms with E-state index in [-0.39, 0.29) is 29.7 Å². The molecule has 0 aromatic carbocycles. The number of aliphatic hydroxyl groups excluding tert-OH is 1. The molecule has 13 heavy (non-hydrogen) atoms. The molecule has 0 heterocycles. The minimum absolute atomic E-state index is 0. The molecule has 0 spiro atoms. The van der Waals surface area contributed by atoms with Crippen molar-refractivity contribution >= 4 is 39.6 Å². The second-order valence-corrected chi connectivity index (χ2v) is 3.19. The zero-order chi connectivity index (χ0) is 10.1. The van der Waals surface area contributed by atoms with Crippen LogP contribution in [-0.4, -0.2) is 34.8 Å². The third kappa shape index (κ3) is 32.6. The van der Waals surface area contributed by atoms with Gasteiger partial charge in [0.15, 0.2) is 0 Å². The van der Waals surface area contributed by atoms with Crippen LogP contribution in [-0.2, 0) is 13.4 Å². The van der Waals surface area contributed by atoms with Crippen molar-refractivity contribution in [2.24, 2.45) is 0 Å². The summed E-state index contributed by atoms with van der Waals surface area (Å²) in [5, 5.41) is 8.04. The summed E-state index contributed by atoms with van der Waals surface area (Å²) in [5.41, 5.74) is 0.810. The van der Waals surface area contributed by atoms with Gasteiger partial charge in [-0.25, -0.2) is 0 Å². The minimum Gasteiger partial charge on any atom is -0.563 e. The van der Waals surface area contributed by atoms with Crippen LogP contribution >= 0.6 is 16.5 Å². The molecule has 0 bridgehead atoms. The second-order valence-electron chi connectivity index (χ2n) is 1.64. The van der Waals surface area contributed by atoms with Crippen LogP contribution in [0.1, 0.15) is 6.92 Å². The van der Waals surface area contributed by atoms with Crippen molar-refractivity contribution in [3.8, 4) is 0 Å². The van der Waals surface area contributed by atoms with Gasteiger partial charge >= 0.3 is 39.6 Å². The number of rotatable bonds is 3. The van der Waals surface area contributed by atoms with E-state index in [9.17, 15) is 18.9 Å². The fraction of sp³-hybridized carbons (Fsp3) is 0.500. The first-order valence-electron chi connectivity index (χ1n) is 2.62. The van der Waals surface area contributed by atoms with E-state index in [2.05, 4.69) is 10.9 Å². The largest absolute Gasteiger partial charge is 2.00 e. The SMILES string of the molecule is C=C(C)CO.O=[P+]([O-])O[P+](=O)[O-].[Mg+2]. The van der Waals surface area contributed by atoms with Gasteiger partial charge in [-0.05, 0) is 16.1 Å². The number of hydrogen-bond acceptors (Lipinski definition) is 6. The van der Waals surface area contributed by atoms with Crippen LogP contribution < -0.4 is 9.79 Å². The van der Waals surface area contributed by atoms with Gasteiger partial charge in [-0.1, -0.05) is 12.2 Å². The molecule has 70 valence electrons. The van der Waals surface area contributed by atoms with Gasteiger partial charge in [0.1, 0.15) is 4.31 Å². The van der Waals surface area contributed by atoms with Crippen molar-refractivity contribution in [1.82, 2.24) is 0 Å². The first-order chi connectivity index (χ1) is 5.40. The van der Waals surface area contributed by atoms with Crippen molar-refractivity contribution in [1.29, 1.82) is 0 Å². The maximum atomic E-state index is 9.24. The van der Waals surface area contributed by atoms with Crippen molar-refractivity contribution in [2.45, 2.75) is 6.92 Å². The fourth-order valence-electron chi connectivity index (χ4n) is 0.0544. The van der Waals surface area contributed by atoms with E-state index in [1.807, 2.05) is 0 Å². The molecule has 6 nitrogen and oxygen atoms in total. The Morgan fingerprint density at radius 3 is 1.69 bits per heavy atom. The summed E-state index contributed by atoms with van der Waals surface area (Å²) in [5.74, 6) is 0. The Bertz CT molecular complexity index is 171. The third-order valence-corrected chi connectivity index (χ3v) is 1.47. The van der Waals surface area contributed by atoms with Gasteiger partial charge in [0.05, 0.1) is 6.61 Å². The van der Waals surface area contributed by atoms with Crippen LogP contribution in [0.5, 0.6) is 0 Å². The molecule has 0 aliphatic carbocycles. The average molecular weight is 238 g/mol. The summed E-state index contributed by atoms with van der Waals surface area (Å²) in [6, 6.07) is 0. The molecule has 0 amide bonds. The van der Waals surface area contributed by atoms with Crippen LogP contribution in [0.2, 0.25) is 0 Å². The van der Waals surface area contributed by atoms with E-state index in [0.29, 0.717) is 0 Å². The predicted octanol–water partition coefficient (Wildman–Crippen LogP) is -0.788. The van der Waals surface area contributed by atoms with E-state index in [1.54, 1.807) is 6.92 Å². The maximum absolute atomic E-state index is 9.24. The standard InChI is InChI=1S/C4H8O.Mg.O5P2/c1-4(2)3-5;;1-6(2)5-7(3)4/h5H,1,3H2,2H3;;/q;+2;. The molecule has 0 aliphatic heterocycles. The summed E-state index contributed by atoms with van der Waals surface area (Å²) in [4.78, 5) is 18.5. The van der Waals surface area contributed by atoms with Gasteiger partial charge in [-0.15, -0.1) is 0 Å². The van der Waals surface area contributed by atoms with Gasteiger partial charge in [-0.2, -0.15) is 0 Å². The predicted molar refractivity (Wildman–Crippen MR) is 44.0 cm³/mol. The van der Waals surface area contributed by atoms with E-state index < -0.39 is 16.5 Å². The molecule has 0 aromatic heterocycles.